The van der Waals surface area contributed by atoms with E-state index in [2.05, 4.69) is 33.3 Å². The fourth-order valence-electron chi connectivity index (χ4n) is 3.28. The molecule has 0 radical (unpaired) electrons. The standard InChI is InChI=1S/C23H24N4O3/c1-29-18-8-10-19(11-9-18)30-22-12-7-16(14-24-22)15-25-23(28)21-13-20(26-27-21)17-5-3-2-4-6-17/h2-12,14,20-21,26-27H,13,15H2,1H3,(H,25,28). The molecule has 3 aromatic rings. The zero-order valence-corrected chi connectivity index (χ0v) is 16.7. The van der Waals surface area contributed by atoms with E-state index in [1.54, 1.807) is 19.4 Å². The number of methoxy groups -OCH3 is 1. The number of hydrogen-bond donors (Lipinski definition) is 3. The lowest BCUT2D eigenvalue weighted by molar-refractivity contribution is -0.123. The smallest absolute Gasteiger partial charge is 0.238 e. The molecule has 7 nitrogen and oxygen atoms in total. The Morgan fingerprint density at radius 1 is 1.03 bits per heavy atom. The first-order valence-electron chi connectivity index (χ1n) is 9.82. The average molecular weight is 404 g/mol. The van der Waals surface area contributed by atoms with E-state index in [4.69, 9.17) is 9.47 Å². The number of nitrogens with zero attached hydrogens (tertiary/aromatic N) is 1. The number of hydrogen-bond acceptors (Lipinski definition) is 6. The summed E-state index contributed by atoms with van der Waals surface area (Å²) in [5, 5.41) is 2.96. The van der Waals surface area contributed by atoms with Crippen LogP contribution >= 0.6 is 0 Å². The van der Waals surface area contributed by atoms with Gasteiger partial charge in [0.25, 0.3) is 0 Å². The van der Waals surface area contributed by atoms with Crippen LogP contribution in [0.15, 0.2) is 72.9 Å². The van der Waals surface area contributed by atoms with Crippen molar-refractivity contribution in [2.75, 3.05) is 7.11 Å². The highest BCUT2D eigenvalue weighted by Gasteiger charge is 2.29. The first-order chi connectivity index (χ1) is 14.7. The molecular weight excluding hydrogens is 380 g/mol. The Morgan fingerprint density at radius 3 is 2.50 bits per heavy atom. The van der Waals surface area contributed by atoms with Gasteiger partial charge in [-0.2, -0.15) is 0 Å². The van der Waals surface area contributed by atoms with E-state index in [0.717, 1.165) is 16.9 Å². The van der Waals surface area contributed by atoms with E-state index in [1.165, 1.54) is 0 Å². The van der Waals surface area contributed by atoms with Crippen LogP contribution < -0.4 is 25.6 Å². The zero-order valence-electron chi connectivity index (χ0n) is 16.7. The van der Waals surface area contributed by atoms with Crippen molar-refractivity contribution in [2.24, 2.45) is 0 Å². The van der Waals surface area contributed by atoms with Gasteiger partial charge in [-0.15, -0.1) is 0 Å². The first kappa shape index (κ1) is 19.9. The number of carbonyl (C=O) groups excluding carboxylic acids is 1. The maximum absolute atomic E-state index is 12.5. The molecule has 1 amide bonds. The highest BCUT2D eigenvalue weighted by Crippen LogP contribution is 2.23. The van der Waals surface area contributed by atoms with Crippen molar-refractivity contribution in [1.82, 2.24) is 21.2 Å². The van der Waals surface area contributed by atoms with Crippen LogP contribution in [-0.4, -0.2) is 24.0 Å². The van der Waals surface area contributed by atoms with Gasteiger partial charge in [0.1, 0.15) is 17.5 Å². The number of hydrazine groups is 1. The molecule has 30 heavy (non-hydrogen) atoms. The molecular formula is C23H24N4O3. The molecule has 1 saturated heterocycles. The fourth-order valence-corrected chi connectivity index (χ4v) is 3.28. The van der Waals surface area contributed by atoms with Crippen LogP contribution in [0, 0.1) is 0 Å². The van der Waals surface area contributed by atoms with Gasteiger partial charge in [-0.3, -0.25) is 4.79 Å². The third kappa shape index (κ3) is 4.94. The zero-order chi connectivity index (χ0) is 20.8. The van der Waals surface area contributed by atoms with Gasteiger partial charge in [-0.1, -0.05) is 36.4 Å². The van der Waals surface area contributed by atoms with E-state index in [9.17, 15) is 4.79 Å². The molecule has 1 fully saturated rings. The number of carbonyl (C=O) groups is 1. The van der Waals surface area contributed by atoms with Crippen LogP contribution in [0.3, 0.4) is 0 Å². The Bertz CT molecular complexity index is 962. The van der Waals surface area contributed by atoms with Crippen LogP contribution in [0.2, 0.25) is 0 Å². The summed E-state index contributed by atoms with van der Waals surface area (Å²) in [7, 11) is 1.62. The molecule has 154 valence electrons. The molecule has 2 aromatic carbocycles. The Morgan fingerprint density at radius 2 is 1.80 bits per heavy atom. The third-order valence-corrected chi connectivity index (χ3v) is 4.97. The number of pyridine rings is 1. The van der Waals surface area contributed by atoms with Crippen LogP contribution in [-0.2, 0) is 11.3 Å². The molecule has 2 heterocycles. The Balaban J connectivity index is 1.26. The van der Waals surface area contributed by atoms with Crippen molar-refractivity contribution >= 4 is 5.91 Å². The minimum Gasteiger partial charge on any atom is -0.497 e. The van der Waals surface area contributed by atoms with Crippen molar-refractivity contribution < 1.29 is 14.3 Å². The lowest BCUT2D eigenvalue weighted by atomic mass is 10.0. The monoisotopic (exact) mass is 404 g/mol. The molecule has 3 N–H and O–H groups in total. The summed E-state index contributed by atoms with van der Waals surface area (Å²) in [6, 6.07) is 20.9. The molecule has 1 aliphatic heterocycles. The molecule has 2 unspecified atom stereocenters. The highest BCUT2D eigenvalue weighted by molar-refractivity contribution is 5.82. The summed E-state index contributed by atoms with van der Waals surface area (Å²) in [6.07, 6.45) is 2.40. The van der Waals surface area contributed by atoms with Gasteiger partial charge >= 0.3 is 0 Å². The maximum Gasteiger partial charge on any atom is 0.238 e. The van der Waals surface area contributed by atoms with Crippen molar-refractivity contribution in [2.45, 2.75) is 25.0 Å². The maximum atomic E-state index is 12.5. The van der Waals surface area contributed by atoms with E-state index in [-0.39, 0.29) is 18.0 Å². The van der Waals surface area contributed by atoms with Gasteiger partial charge in [0.15, 0.2) is 0 Å². The van der Waals surface area contributed by atoms with Crippen molar-refractivity contribution in [3.8, 4) is 17.4 Å². The van der Waals surface area contributed by atoms with Crippen molar-refractivity contribution in [3.05, 3.63) is 84.1 Å². The topological polar surface area (TPSA) is 84.5 Å². The van der Waals surface area contributed by atoms with Gasteiger partial charge in [-0.25, -0.2) is 15.8 Å². The van der Waals surface area contributed by atoms with Crippen LogP contribution in [0.5, 0.6) is 17.4 Å². The number of rotatable bonds is 7. The summed E-state index contributed by atoms with van der Waals surface area (Å²) in [6.45, 7) is 0.406. The predicted molar refractivity (Wildman–Crippen MR) is 113 cm³/mol. The van der Waals surface area contributed by atoms with E-state index >= 15 is 0 Å². The summed E-state index contributed by atoms with van der Waals surface area (Å²) in [5.41, 5.74) is 8.33. The number of aromatic nitrogens is 1. The quantitative estimate of drug-likeness (QED) is 0.561. The number of nitrogens with one attached hydrogen (secondary N) is 3. The number of benzene rings is 2. The predicted octanol–water partition coefficient (Wildman–Crippen LogP) is 3.11. The normalized spacial score (nSPS) is 18.0. The SMILES string of the molecule is COc1ccc(Oc2ccc(CNC(=O)C3CC(c4ccccc4)NN3)cn2)cc1. The van der Waals surface area contributed by atoms with Crippen LogP contribution in [0.1, 0.15) is 23.6 Å². The van der Waals surface area contributed by atoms with Crippen LogP contribution in [0.4, 0.5) is 0 Å². The Kier molecular flexibility index (Phi) is 6.22. The second-order valence-electron chi connectivity index (χ2n) is 7.04. The first-order valence-corrected chi connectivity index (χ1v) is 9.82. The van der Waals surface area contributed by atoms with Crippen molar-refractivity contribution in [3.63, 3.8) is 0 Å². The molecule has 4 rings (SSSR count). The molecule has 2 atom stereocenters. The number of ether oxygens (including phenoxy) is 2. The molecule has 0 spiro atoms. The van der Waals surface area contributed by atoms with E-state index in [1.807, 2.05) is 48.5 Å². The number of amides is 1. The molecule has 1 aliphatic rings. The summed E-state index contributed by atoms with van der Waals surface area (Å²) in [4.78, 5) is 16.8. The largest absolute Gasteiger partial charge is 0.497 e. The summed E-state index contributed by atoms with van der Waals surface area (Å²) in [5.74, 6) is 1.89. The fraction of sp³-hybridized carbons (Fsp3) is 0.217. The minimum atomic E-state index is -0.277. The third-order valence-electron chi connectivity index (χ3n) is 4.97. The minimum absolute atomic E-state index is 0.0421. The van der Waals surface area contributed by atoms with Gasteiger partial charge in [0.05, 0.1) is 7.11 Å². The molecule has 7 heteroatoms. The van der Waals surface area contributed by atoms with Gasteiger partial charge in [0, 0.05) is 24.8 Å². The molecule has 0 saturated carbocycles. The lowest BCUT2D eigenvalue weighted by Crippen LogP contribution is -2.42. The van der Waals surface area contributed by atoms with Crippen LogP contribution in [0.25, 0.3) is 0 Å². The Hall–Kier alpha value is -3.42. The second-order valence-corrected chi connectivity index (χ2v) is 7.04. The van der Waals surface area contributed by atoms with Gasteiger partial charge in [-0.05, 0) is 41.8 Å². The summed E-state index contributed by atoms with van der Waals surface area (Å²) >= 11 is 0. The van der Waals surface area contributed by atoms with E-state index in [0.29, 0.717) is 24.6 Å². The highest BCUT2D eigenvalue weighted by atomic mass is 16.5. The Labute approximate surface area is 175 Å². The molecule has 1 aromatic heterocycles. The second kappa shape index (κ2) is 9.39. The molecule has 0 aliphatic carbocycles. The lowest BCUT2D eigenvalue weighted by Gasteiger charge is -2.11. The van der Waals surface area contributed by atoms with Gasteiger partial charge < -0.3 is 14.8 Å². The van der Waals surface area contributed by atoms with Crippen molar-refractivity contribution in [1.29, 1.82) is 0 Å². The van der Waals surface area contributed by atoms with Gasteiger partial charge in [0.2, 0.25) is 11.8 Å². The molecule has 0 bridgehead atoms. The average Bonchev–Trinajstić information content (AvgIpc) is 3.30. The van der Waals surface area contributed by atoms with E-state index < -0.39 is 0 Å². The summed E-state index contributed by atoms with van der Waals surface area (Å²) < 4.78 is 10.9.